The molecule has 0 radical (unpaired) electrons. The second-order valence-corrected chi connectivity index (χ2v) is 15.0. The van der Waals surface area contributed by atoms with Crippen molar-refractivity contribution in [1.82, 2.24) is 10.2 Å². The fraction of sp³-hybridized carbons (Fsp3) is 0.292. The Kier molecular flexibility index (Phi) is 13.0. The van der Waals surface area contributed by atoms with Crippen molar-refractivity contribution in [3.63, 3.8) is 0 Å². The molecule has 324 valence electrons. The number of methoxy groups -OCH3 is 3. The molecule has 0 aromatic heterocycles. The van der Waals surface area contributed by atoms with E-state index in [1.807, 2.05) is 65.6 Å². The molecule has 2 saturated heterocycles. The second kappa shape index (κ2) is 18.8. The highest BCUT2D eigenvalue weighted by Gasteiger charge is 2.75. The summed E-state index contributed by atoms with van der Waals surface area (Å²) >= 11 is 0. The Hall–Kier alpha value is -7.28. The number of fused-ring (bicyclic) bond motifs is 3. The van der Waals surface area contributed by atoms with Crippen LogP contribution in [0.3, 0.4) is 0 Å². The van der Waals surface area contributed by atoms with Gasteiger partial charge in [-0.05, 0) is 52.6 Å². The zero-order valence-corrected chi connectivity index (χ0v) is 34.7. The maximum absolute atomic E-state index is 16.0. The van der Waals surface area contributed by atoms with Crippen molar-refractivity contribution >= 4 is 41.5 Å². The molecule has 7 rings (SSSR count). The van der Waals surface area contributed by atoms with Gasteiger partial charge in [-0.3, -0.25) is 28.9 Å². The minimum atomic E-state index is -2.11. The SMILES string of the molecule is C=CCNC(=O)C1C2C(=O)OC(c3ccccc3)C(c3ccccc3)N2C(c2ccc(O)cc2)C12C(=O)N(C(=O)OCCOC)c1ccc(C#CCC(C(=O)OC)C(=O)OC)cc12. The van der Waals surface area contributed by atoms with E-state index in [0.29, 0.717) is 16.7 Å². The Morgan fingerprint density at radius 1 is 0.857 bits per heavy atom. The van der Waals surface area contributed by atoms with E-state index in [1.54, 1.807) is 18.2 Å². The first-order valence-electron chi connectivity index (χ1n) is 20.1. The van der Waals surface area contributed by atoms with E-state index < -0.39 is 77.3 Å². The number of morpholine rings is 1. The summed E-state index contributed by atoms with van der Waals surface area (Å²) in [6.07, 6.45) is -0.843. The monoisotopic (exact) mass is 855 g/mol. The highest BCUT2D eigenvalue weighted by atomic mass is 16.6. The van der Waals surface area contributed by atoms with Crippen LogP contribution in [-0.4, -0.2) is 93.0 Å². The molecule has 0 bridgehead atoms. The molecule has 3 aliphatic rings. The summed E-state index contributed by atoms with van der Waals surface area (Å²) in [6.45, 7) is 3.52. The quantitative estimate of drug-likeness (QED) is 0.0493. The van der Waals surface area contributed by atoms with Gasteiger partial charge in [0.15, 0.2) is 5.92 Å². The van der Waals surface area contributed by atoms with Gasteiger partial charge in [0.1, 0.15) is 29.9 Å². The Labute approximate surface area is 363 Å². The van der Waals surface area contributed by atoms with Gasteiger partial charge in [-0.2, -0.15) is 0 Å². The number of rotatable bonds is 12. The zero-order valence-electron chi connectivity index (χ0n) is 34.7. The van der Waals surface area contributed by atoms with Gasteiger partial charge in [0.2, 0.25) is 11.8 Å². The lowest BCUT2D eigenvalue weighted by Gasteiger charge is -2.46. The Balaban J connectivity index is 1.54. The number of aromatic hydroxyl groups is 1. The van der Waals surface area contributed by atoms with Crippen molar-refractivity contribution in [3.8, 4) is 17.6 Å². The van der Waals surface area contributed by atoms with Crippen LogP contribution in [-0.2, 0) is 53.1 Å². The molecule has 15 heteroatoms. The number of phenolic OH excluding ortho intramolecular Hbond substituents is 1. The fourth-order valence-corrected chi connectivity index (χ4v) is 8.98. The summed E-state index contributed by atoms with van der Waals surface area (Å²) in [6, 6.07) is 25.6. The number of hydrogen-bond acceptors (Lipinski definition) is 13. The number of carbonyl (C=O) groups is 6. The van der Waals surface area contributed by atoms with Crippen molar-refractivity contribution in [3.05, 3.63) is 144 Å². The first-order valence-corrected chi connectivity index (χ1v) is 20.1. The maximum atomic E-state index is 16.0. The molecule has 63 heavy (non-hydrogen) atoms. The number of hydrogen-bond donors (Lipinski definition) is 2. The number of anilines is 1. The van der Waals surface area contributed by atoms with E-state index in [-0.39, 0.29) is 48.7 Å². The minimum Gasteiger partial charge on any atom is -0.508 e. The van der Waals surface area contributed by atoms with E-state index in [0.717, 1.165) is 19.1 Å². The molecule has 3 amide bonds. The summed E-state index contributed by atoms with van der Waals surface area (Å²) in [4.78, 5) is 88.0. The van der Waals surface area contributed by atoms with Gasteiger partial charge in [-0.15, -0.1) is 6.58 Å². The summed E-state index contributed by atoms with van der Waals surface area (Å²) in [5, 5.41) is 13.4. The Morgan fingerprint density at radius 2 is 1.51 bits per heavy atom. The number of nitrogens with zero attached hydrogens (tertiary/aromatic N) is 2. The number of nitrogens with one attached hydrogen (secondary N) is 1. The molecule has 4 aromatic carbocycles. The molecule has 3 heterocycles. The van der Waals surface area contributed by atoms with Crippen LogP contribution in [0.15, 0.2) is 116 Å². The highest BCUT2D eigenvalue weighted by Crippen LogP contribution is 2.66. The number of imide groups is 1. The molecular formula is C48H45N3O12. The van der Waals surface area contributed by atoms with Crippen molar-refractivity contribution in [2.24, 2.45) is 11.8 Å². The van der Waals surface area contributed by atoms with Crippen LogP contribution in [0.2, 0.25) is 0 Å². The van der Waals surface area contributed by atoms with Crippen molar-refractivity contribution < 1.29 is 57.6 Å². The van der Waals surface area contributed by atoms with Crippen molar-refractivity contribution in [1.29, 1.82) is 0 Å². The number of amides is 3. The van der Waals surface area contributed by atoms with Crippen LogP contribution < -0.4 is 10.2 Å². The summed E-state index contributed by atoms with van der Waals surface area (Å²) in [5.74, 6) is -1.28. The van der Waals surface area contributed by atoms with Gasteiger partial charge in [-0.1, -0.05) is 90.7 Å². The molecule has 6 atom stereocenters. The lowest BCUT2D eigenvalue weighted by atomic mass is 9.65. The average Bonchev–Trinajstić information content (AvgIpc) is 3.76. The number of cyclic esters (lactones) is 1. The molecule has 2 N–H and O–H groups in total. The van der Waals surface area contributed by atoms with Gasteiger partial charge in [0.25, 0.3) is 0 Å². The third kappa shape index (κ3) is 7.90. The van der Waals surface area contributed by atoms with E-state index in [1.165, 1.54) is 37.5 Å². The second-order valence-electron chi connectivity index (χ2n) is 15.0. The largest absolute Gasteiger partial charge is 0.508 e. The van der Waals surface area contributed by atoms with Crippen molar-refractivity contribution in [2.45, 2.75) is 36.1 Å². The Morgan fingerprint density at radius 3 is 2.13 bits per heavy atom. The number of esters is 3. The van der Waals surface area contributed by atoms with E-state index in [9.17, 15) is 19.5 Å². The van der Waals surface area contributed by atoms with Crippen molar-refractivity contribution in [2.75, 3.05) is 46.0 Å². The maximum Gasteiger partial charge on any atom is 0.421 e. The fourth-order valence-electron chi connectivity index (χ4n) is 8.98. The van der Waals surface area contributed by atoms with Gasteiger partial charge >= 0.3 is 24.0 Å². The first kappa shape index (κ1) is 43.8. The van der Waals surface area contributed by atoms with Gasteiger partial charge in [0.05, 0.1) is 44.5 Å². The van der Waals surface area contributed by atoms with Gasteiger partial charge < -0.3 is 34.1 Å². The molecule has 0 aliphatic carbocycles. The van der Waals surface area contributed by atoms with Crippen LogP contribution in [0.5, 0.6) is 5.75 Å². The summed E-state index contributed by atoms with van der Waals surface area (Å²) in [7, 11) is 3.70. The highest BCUT2D eigenvalue weighted by molar-refractivity contribution is 6.23. The molecular weight excluding hydrogens is 811 g/mol. The Bertz CT molecular complexity index is 2450. The molecule has 2 fully saturated rings. The van der Waals surface area contributed by atoms with Gasteiger partial charge in [-0.25, -0.2) is 9.69 Å². The van der Waals surface area contributed by atoms with Crippen LogP contribution in [0.4, 0.5) is 10.5 Å². The normalized spacial score (nSPS) is 22.3. The molecule has 4 aromatic rings. The van der Waals surface area contributed by atoms with E-state index >= 15 is 14.4 Å². The third-order valence-electron chi connectivity index (χ3n) is 11.6. The number of benzene rings is 4. The molecule has 6 unspecified atom stereocenters. The van der Waals surface area contributed by atoms with Crippen LogP contribution >= 0.6 is 0 Å². The first-order chi connectivity index (χ1) is 30.5. The topological polar surface area (TPSA) is 187 Å². The molecule has 3 aliphatic heterocycles. The summed E-state index contributed by atoms with van der Waals surface area (Å²) < 4.78 is 26.7. The molecule has 15 nitrogen and oxygen atoms in total. The number of ether oxygens (including phenoxy) is 5. The standard InChI is InChI=1S/C48H45N3O12/c1-5-25-49-42(53)37-39-45(56)63-40(31-16-10-7-11-17-31)38(30-14-8-6-9-15-30)51(39)41(32-20-22-33(52)23-21-32)48(37)35-28-29(13-12-18-34(43(54)60-3)44(55)61-4)19-24-36(35)50(46(48)57)47(58)62-27-26-59-2/h5-11,14-17,19-24,28,34,37-41,52H,1,18,25-27H2,2-4H3,(H,49,53). The lowest BCUT2D eigenvalue weighted by molar-refractivity contribution is -0.178. The number of phenols is 1. The van der Waals surface area contributed by atoms with E-state index in [2.05, 4.69) is 23.7 Å². The minimum absolute atomic E-state index is 0.0163. The third-order valence-corrected chi connectivity index (χ3v) is 11.6. The molecule has 0 saturated carbocycles. The van der Waals surface area contributed by atoms with Gasteiger partial charge in [0, 0.05) is 25.6 Å². The van der Waals surface area contributed by atoms with Crippen LogP contribution in [0.25, 0.3) is 0 Å². The van der Waals surface area contributed by atoms with E-state index in [4.69, 9.17) is 23.7 Å². The predicted molar refractivity (Wildman–Crippen MR) is 225 cm³/mol. The average molecular weight is 856 g/mol. The van der Waals surface area contributed by atoms with Crippen LogP contribution in [0.1, 0.15) is 52.4 Å². The predicted octanol–water partition coefficient (Wildman–Crippen LogP) is 4.85. The molecule has 1 spiro atoms. The smallest absolute Gasteiger partial charge is 0.421 e. The van der Waals surface area contributed by atoms with Crippen LogP contribution in [0, 0.1) is 23.7 Å². The summed E-state index contributed by atoms with van der Waals surface area (Å²) in [5.41, 5.74) is 0.135. The number of carbonyl (C=O) groups excluding carboxylic acids is 6. The lowest BCUT2D eigenvalue weighted by Crippen LogP contribution is -2.55. The zero-order chi connectivity index (χ0) is 44.8.